The van der Waals surface area contributed by atoms with E-state index >= 15 is 0 Å². The fraction of sp³-hybridized carbons (Fsp3) is 0.0667. The van der Waals surface area contributed by atoms with E-state index in [1.54, 1.807) is 6.07 Å². The number of anilines is 1. The summed E-state index contributed by atoms with van der Waals surface area (Å²) in [5.41, 5.74) is 0.217. The zero-order valence-electron chi connectivity index (χ0n) is 10.6. The van der Waals surface area contributed by atoms with E-state index in [2.05, 4.69) is 10.3 Å². The lowest BCUT2D eigenvalue weighted by atomic mass is 10.00. The number of aliphatic imine (C=N–C) groups is 1. The second-order valence-corrected chi connectivity index (χ2v) is 4.47. The van der Waals surface area contributed by atoms with E-state index in [0.717, 1.165) is 12.1 Å². The first-order valence-corrected chi connectivity index (χ1v) is 6.14. The van der Waals surface area contributed by atoms with Gasteiger partial charge in [0.1, 0.15) is 11.6 Å². The standard InChI is InChI=1S/C15H9F3N2O/c16-8-5-6-12-10(7-8)13(20-14(18)15(21)19-12)9-3-1-2-4-11(9)17/h1-7,14H,(H,19,21). The van der Waals surface area contributed by atoms with Crippen LogP contribution in [0.4, 0.5) is 18.9 Å². The SMILES string of the molecule is O=C1Nc2ccc(F)cc2C(c2ccccc2F)=NC1F. The largest absolute Gasteiger partial charge is 0.321 e. The van der Waals surface area contributed by atoms with Crippen LogP contribution in [0.2, 0.25) is 0 Å². The van der Waals surface area contributed by atoms with Crippen molar-refractivity contribution in [2.24, 2.45) is 4.99 Å². The van der Waals surface area contributed by atoms with E-state index in [4.69, 9.17) is 0 Å². The number of amides is 1. The minimum atomic E-state index is -2.19. The second-order valence-electron chi connectivity index (χ2n) is 4.47. The minimum absolute atomic E-state index is 0.00324. The van der Waals surface area contributed by atoms with Crippen LogP contribution in [-0.4, -0.2) is 17.9 Å². The number of benzodiazepines with no additional fused rings is 1. The van der Waals surface area contributed by atoms with Gasteiger partial charge in [0.2, 0.25) is 0 Å². The van der Waals surface area contributed by atoms with Crippen molar-refractivity contribution in [3.63, 3.8) is 0 Å². The molecule has 2 aromatic carbocycles. The lowest BCUT2D eigenvalue weighted by molar-refractivity contribution is -0.120. The van der Waals surface area contributed by atoms with Gasteiger partial charge >= 0.3 is 0 Å². The first-order chi connectivity index (χ1) is 10.1. The molecule has 2 aromatic rings. The van der Waals surface area contributed by atoms with Gasteiger partial charge in [-0.15, -0.1) is 0 Å². The van der Waals surface area contributed by atoms with Crippen LogP contribution in [0, 0.1) is 11.6 Å². The highest BCUT2D eigenvalue weighted by atomic mass is 19.1. The average molecular weight is 290 g/mol. The monoisotopic (exact) mass is 290 g/mol. The summed E-state index contributed by atoms with van der Waals surface area (Å²) in [6, 6.07) is 9.09. The van der Waals surface area contributed by atoms with Gasteiger partial charge in [0, 0.05) is 11.1 Å². The zero-order chi connectivity index (χ0) is 15.0. The molecule has 0 saturated heterocycles. The highest BCUT2D eigenvalue weighted by Crippen LogP contribution is 2.26. The van der Waals surface area contributed by atoms with Crippen LogP contribution in [0.1, 0.15) is 11.1 Å². The van der Waals surface area contributed by atoms with E-state index in [1.807, 2.05) is 0 Å². The molecule has 21 heavy (non-hydrogen) atoms. The number of rotatable bonds is 1. The number of benzene rings is 2. The normalized spacial score (nSPS) is 17.6. The van der Waals surface area contributed by atoms with Crippen LogP contribution in [0.3, 0.4) is 0 Å². The van der Waals surface area contributed by atoms with Gasteiger partial charge in [-0.2, -0.15) is 0 Å². The minimum Gasteiger partial charge on any atom is -0.321 e. The summed E-state index contributed by atoms with van der Waals surface area (Å²) in [6.07, 6.45) is -2.19. The Bertz CT molecular complexity index is 758. The van der Waals surface area contributed by atoms with Crippen molar-refractivity contribution in [3.05, 3.63) is 65.2 Å². The Hall–Kier alpha value is -2.63. The van der Waals surface area contributed by atoms with E-state index in [1.165, 1.54) is 24.3 Å². The number of halogens is 3. The summed E-state index contributed by atoms with van der Waals surface area (Å²) < 4.78 is 41.1. The Kier molecular flexibility index (Phi) is 3.21. The Morgan fingerprint density at radius 1 is 1.05 bits per heavy atom. The van der Waals surface area contributed by atoms with Crippen LogP contribution in [0.25, 0.3) is 0 Å². The van der Waals surface area contributed by atoms with Crippen molar-refractivity contribution >= 4 is 17.3 Å². The molecule has 1 unspecified atom stereocenters. The summed E-state index contributed by atoms with van der Waals surface area (Å²) in [7, 11) is 0. The maximum absolute atomic E-state index is 13.9. The van der Waals surface area contributed by atoms with Crippen molar-refractivity contribution in [1.82, 2.24) is 0 Å². The fourth-order valence-corrected chi connectivity index (χ4v) is 2.12. The van der Waals surface area contributed by atoms with Crippen LogP contribution in [0.15, 0.2) is 47.5 Å². The molecule has 1 heterocycles. The van der Waals surface area contributed by atoms with E-state index in [0.29, 0.717) is 0 Å². The molecule has 106 valence electrons. The van der Waals surface area contributed by atoms with Crippen molar-refractivity contribution in [3.8, 4) is 0 Å². The summed E-state index contributed by atoms with van der Waals surface area (Å²) in [5, 5.41) is 2.30. The summed E-state index contributed by atoms with van der Waals surface area (Å²) in [6.45, 7) is 0. The molecular weight excluding hydrogens is 281 g/mol. The summed E-state index contributed by atoms with van der Waals surface area (Å²) in [5.74, 6) is -2.20. The molecule has 6 heteroatoms. The van der Waals surface area contributed by atoms with Crippen molar-refractivity contribution in [1.29, 1.82) is 0 Å². The Morgan fingerprint density at radius 3 is 2.57 bits per heavy atom. The molecule has 1 N–H and O–H groups in total. The number of fused-ring (bicyclic) bond motifs is 1. The van der Waals surface area contributed by atoms with Gasteiger partial charge < -0.3 is 5.32 Å². The smallest absolute Gasteiger partial charge is 0.281 e. The lowest BCUT2D eigenvalue weighted by Gasteiger charge is -2.10. The third-order valence-corrected chi connectivity index (χ3v) is 3.08. The molecule has 1 atom stereocenters. The summed E-state index contributed by atoms with van der Waals surface area (Å²) in [4.78, 5) is 15.1. The molecule has 0 fully saturated rings. The van der Waals surface area contributed by atoms with Crippen LogP contribution in [0.5, 0.6) is 0 Å². The van der Waals surface area contributed by atoms with E-state index in [9.17, 15) is 18.0 Å². The van der Waals surface area contributed by atoms with Crippen LogP contribution < -0.4 is 5.32 Å². The predicted molar refractivity (Wildman–Crippen MR) is 72.0 cm³/mol. The van der Waals surface area contributed by atoms with Gasteiger partial charge in [0.15, 0.2) is 0 Å². The van der Waals surface area contributed by atoms with Crippen molar-refractivity contribution in [2.75, 3.05) is 5.32 Å². The fourth-order valence-electron chi connectivity index (χ4n) is 2.12. The van der Waals surface area contributed by atoms with Crippen LogP contribution in [-0.2, 0) is 4.79 Å². The van der Waals surface area contributed by atoms with Crippen molar-refractivity contribution in [2.45, 2.75) is 6.30 Å². The van der Waals surface area contributed by atoms with Gasteiger partial charge in [0.05, 0.1) is 11.4 Å². The van der Waals surface area contributed by atoms with Gasteiger partial charge in [-0.25, -0.2) is 18.2 Å². The molecule has 1 aliphatic rings. The lowest BCUT2D eigenvalue weighted by Crippen LogP contribution is -2.21. The molecule has 0 aliphatic carbocycles. The number of alkyl halides is 1. The Morgan fingerprint density at radius 2 is 1.81 bits per heavy atom. The molecular formula is C15H9F3N2O. The first kappa shape index (κ1) is 13.4. The second kappa shape index (κ2) is 5.05. The molecule has 1 amide bonds. The zero-order valence-corrected chi connectivity index (χ0v) is 10.6. The molecule has 0 spiro atoms. The highest BCUT2D eigenvalue weighted by Gasteiger charge is 2.26. The van der Waals surface area contributed by atoms with Gasteiger partial charge in [-0.1, -0.05) is 12.1 Å². The molecule has 1 aliphatic heterocycles. The number of nitrogens with zero attached hydrogens (tertiary/aromatic N) is 1. The molecule has 0 bridgehead atoms. The maximum Gasteiger partial charge on any atom is 0.281 e. The summed E-state index contributed by atoms with van der Waals surface area (Å²) >= 11 is 0. The molecule has 3 nitrogen and oxygen atoms in total. The van der Waals surface area contributed by atoms with Crippen molar-refractivity contribution < 1.29 is 18.0 Å². The molecule has 0 radical (unpaired) electrons. The van der Waals surface area contributed by atoms with E-state index < -0.39 is 23.8 Å². The van der Waals surface area contributed by atoms with Crippen LogP contribution >= 0.6 is 0 Å². The molecule has 0 saturated carbocycles. The quantitative estimate of drug-likeness (QED) is 0.806. The Labute approximate surface area is 118 Å². The number of hydrogen-bond donors (Lipinski definition) is 1. The van der Waals surface area contributed by atoms with Gasteiger partial charge in [-0.3, -0.25) is 4.79 Å². The predicted octanol–water partition coefficient (Wildman–Crippen LogP) is 3.05. The molecule has 0 aromatic heterocycles. The van der Waals surface area contributed by atoms with E-state index in [-0.39, 0.29) is 22.5 Å². The Balaban J connectivity index is 2.27. The first-order valence-electron chi connectivity index (χ1n) is 6.14. The third kappa shape index (κ3) is 2.40. The number of hydrogen-bond acceptors (Lipinski definition) is 2. The van der Waals surface area contributed by atoms with Gasteiger partial charge in [0.25, 0.3) is 12.2 Å². The maximum atomic E-state index is 13.9. The third-order valence-electron chi connectivity index (χ3n) is 3.08. The highest BCUT2D eigenvalue weighted by molar-refractivity contribution is 6.19. The number of carbonyl (C=O) groups is 1. The number of carbonyl (C=O) groups excluding carboxylic acids is 1. The average Bonchev–Trinajstić information content (AvgIpc) is 2.58. The van der Waals surface area contributed by atoms with Gasteiger partial charge in [-0.05, 0) is 30.3 Å². The number of nitrogens with one attached hydrogen (secondary N) is 1. The topological polar surface area (TPSA) is 41.5 Å². The molecule has 3 rings (SSSR count).